The first-order valence-electron chi connectivity index (χ1n) is 9.57. The van der Waals surface area contributed by atoms with Crippen molar-refractivity contribution in [3.63, 3.8) is 0 Å². The number of aromatic nitrogens is 5. The van der Waals surface area contributed by atoms with Gasteiger partial charge >= 0.3 is 0 Å². The highest BCUT2D eigenvalue weighted by Crippen LogP contribution is 2.34. The molecule has 1 atom stereocenters. The van der Waals surface area contributed by atoms with Gasteiger partial charge in [-0.2, -0.15) is 0 Å². The van der Waals surface area contributed by atoms with Crippen molar-refractivity contribution in [3.05, 3.63) is 89.5 Å². The van der Waals surface area contributed by atoms with Crippen LogP contribution in [0, 0.1) is 6.92 Å². The highest BCUT2D eigenvalue weighted by molar-refractivity contribution is 5.94. The van der Waals surface area contributed by atoms with E-state index >= 15 is 0 Å². The number of aryl methyl sites for hydroxylation is 1. The minimum Gasteiger partial charge on any atom is -0.348 e. The maximum Gasteiger partial charge on any atom is 0.275 e. The van der Waals surface area contributed by atoms with Crippen molar-refractivity contribution in [3.8, 4) is 11.4 Å². The number of aromatic amines is 2. The van der Waals surface area contributed by atoms with Crippen LogP contribution in [-0.4, -0.2) is 42.3 Å². The molecule has 1 amide bonds. The topological polar surface area (TPSA) is 90.6 Å². The molecule has 0 spiro atoms. The third kappa shape index (κ3) is 3.00. The molecule has 0 saturated heterocycles. The van der Waals surface area contributed by atoms with E-state index in [1.807, 2.05) is 54.3 Å². The fourth-order valence-corrected chi connectivity index (χ4v) is 3.92. The van der Waals surface area contributed by atoms with E-state index in [1.54, 1.807) is 18.7 Å². The van der Waals surface area contributed by atoms with Crippen LogP contribution in [0.1, 0.15) is 39.2 Å². The summed E-state index contributed by atoms with van der Waals surface area (Å²) in [6.07, 6.45) is 5.91. The van der Waals surface area contributed by atoms with Crippen molar-refractivity contribution >= 4 is 5.91 Å². The number of benzene rings is 1. The molecule has 0 radical (unpaired) electrons. The number of hydrogen-bond acceptors (Lipinski definition) is 4. The smallest absolute Gasteiger partial charge is 0.275 e. The number of H-pyrrole nitrogens is 2. The number of fused-ring (bicyclic) bond motifs is 1. The monoisotopic (exact) mass is 384 g/mol. The van der Waals surface area contributed by atoms with Gasteiger partial charge in [0.15, 0.2) is 0 Å². The van der Waals surface area contributed by atoms with Crippen LogP contribution in [0.25, 0.3) is 11.4 Å². The van der Waals surface area contributed by atoms with Gasteiger partial charge in [0.1, 0.15) is 17.6 Å². The molecule has 0 fully saturated rings. The highest BCUT2D eigenvalue weighted by Gasteiger charge is 2.36. The first-order chi connectivity index (χ1) is 14.2. The van der Waals surface area contributed by atoms with Gasteiger partial charge in [-0.1, -0.05) is 30.3 Å². The molecule has 0 bridgehead atoms. The molecule has 2 N–H and O–H groups in total. The Morgan fingerprint density at radius 1 is 1.14 bits per heavy atom. The quantitative estimate of drug-likeness (QED) is 0.567. The van der Waals surface area contributed by atoms with E-state index in [1.165, 1.54) is 0 Å². The van der Waals surface area contributed by atoms with E-state index in [0.717, 1.165) is 34.6 Å². The number of pyridine rings is 1. The summed E-state index contributed by atoms with van der Waals surface area (Å²) >= 11 is 0. The van der Waals surface area contributed by atoms with Crippen LogP contribution in [0.4, 0.5) is 0 Å². The molecule has 4 heterocycles. The van der Waals surface area contributed by atoms with Crippen LogP contribution in [0.3, 0.4) is 0 Å². The number of hydrogen-bond donors (Lipinski definition) is 2. The molecular weight excluding hydrogens is 364 g/mol. The van der Waals surface area contributed by atoms with Gasteiger partial charge < -0.3 is 14.9 Å². The van der Waals surface area contributed by atoms with Crippen molar-refractivity contribution in [2.45, 2.75) is 19.4 Å². The third-order valence-corrected chi connectivity index (χ3v) is 5.34. The molecule has 144 valence electrons. The number of nitrogens with zero attached hydrogens (tertiary/aromatic N) is 4. The van der Waals surface area contributed by atoms with Crippen LogP contribution >= 0.6 is 0 Å². The van der Waals surface area contributed by atoms with Gasteiger partial charge in [0.2, 0.25) is 0 Å². The second-order valence-electron chi connectivity index (χ2n) is 7.12. The Morgan fingerprint density at radius 3 is 2.72 bits per heavy atom. The summed E-state index contributed by atoms with van der Waals surface area (Å²) in [7, 11) is 0. The number of amides is 1. The Morgan fingerprint density at radius 2 is 1.93 bits per heavy atom. The van der Waals surface area contributed by atoms with Crippen LogP contribution in [0.2, 0.25) is 0 Å². The average molecular weight is 384 g/mol. The van der Waals surface area contributed by atoms with E-state index in [4.69, 9.17) is 0 Å². The summed E-state index contributed by atoms with van der Waals surface area (Å²) in [5.41, 5.74) is 5.09. The zero-order valence-electron chi connectivity index (χ0n) is 16.0. The minimum absolute atomic E-state index is 0.101. The van der Waals surface area contributed by atoms with Crippen molar-refractivity contribution in [2.24, 2.45) is 0 Å². The van der Waals surface area contributed by atoms with E-state index in [2.05, 4.69) is 24.9 Å². The summed E-state index contributed by atoms with van der Waals surface area (Å²) in [6, 6.07) is 13.4. The van der Waals surface area contributed by atoms with Crippen molar-refractivity contribution < 1.29 is 4.79 Å². The predicted octanol–water partition coefficient (Wildman–Crippen LogP) is 3.29. The lowest BCUT2D eigenvalue weighted by atomic mass is 9.96. The number of carbonyl (C=O) groups is 1. The molecule has 1 aliphatic heterocycles. The van der Waals surface area contributed by atoms with E-state index < -0.39 is 0 Å². The number of rotatable bonds is 3. The van der Waals surface area contributed by atoms with Crippen LogP contribution < -0.4 is 0 Å². The van der Waals surface area contributed by atoms with Gasteiger partial charge in [-0.05, 0) is 24.6 Å². The molecule has 0 aliphatic carbocycles. The lowest BCUT2D eigenvalue weighted by Gasteiger charge is -2.35. The van der Waals surface area contributed by atoms with Crippen LogP contribution in [0.15, 0.2) is 61.2 Å². The summed E-state index contributed by atoms with van der Waals surface area (Å²) in [5, 5.41) is 0. The Bertz CT molecular complexity index is 1150. The summed E-state index contributed by atoms with van der Waals surface area (Å²) in [5.74, 6) is 0.598. The highest BCUT2D eigenvalue weighted by atomic mass is 16.2. The Balaban J connectivity index is 1.55. The maximum atomic E-state index is 13.6. The van der Waals surface area contributed by atoms with Crippen molar-refractivity contribution in [1.29, 1.82) is 0 Å². The Hall–Kier alpha value is -3.74. The SMILES string of the molecule is Cc1[nH]c(-c2ccccc2)nc1C(=O)N1CCc2[nH]cnc2[C@@H]1c1ccncc1. The van der Waals surface area contributed by atoms with Gasteiger partial charge in [-0.25, -0.2) is 9.97 Å². The average Bonchev–Trinajstić information content (AvgIpc) is 3.40. The third-order valence-electron chi connectivity index (χ3n) is 5.34. The lowest BCUT2D eigenvalue weighted by molar-refractivity contribution is 0.0684. The van der Waals surface area contributed by atoms with Crippen molar-refractivity contribution in [1.82, 2.24) is 29.8 Å². The van der Waals surface area contributed by atoms with Gasteiger partial charge in [0, 0.05) is 42.3 Å². The fourth-order valence-electron chi connectivity index (χ4n) is 3.92. The molecule has 3 aromatic heterocycles. The Kier molecular flexibility index (Phi) is 4.20. The second-order valence-corrected chi connectivity index (χ2v) is 7.12. The number of nitrogens with one attached hydrogen (secondary N) is 2. The molecule has 0 saturated carbocycles. The Labute approximate surface area is 167 Å². The zero-order chi connectivity index (χ0) is 19.8. The van der Waals surface area contributed by atoms with E-state index in [0.29, 0.717) is 18.1 Å². The minimum atomic E-state index is -0.267. The molecule has 7 nitrogen and oxygen atoms in total. The second kappa shape index (κ2) is 7.01. The van der Waals surface area contributed by atoms with Crippen LogP contribution in [0.5, 0.6) is 0 Å². The molecule has 7 heteroatoms. The normalized spacial score (nSPS) is 15.9. The molecular formula is C22H20N6O. The summed E-state index contributed by atoms with van der Waals surface area (Å²) in [4.78, 5) is 35.2. The molecule has 1 aromatic carbocycles. The lowest BCUT2D eigenvalue weighted by Crippen LogP contribution is -2.41. The van der Waals surface area contributed by atoms with E-state index in [-0.39, 0.29) is 11.9 Å². The first-order valence-corrected chi connectivity index (χ1v) is 9.57. The maximum absolute atomic E-state index is 13.6. The molecule has 29 heavy (non-hydrogen) atoms. The largest absolute Gasteiger partial charge is 0.348 e. The van der Waals surface area contributed by atoms with Crippen LogP contribution in [-0.2, 0) is 6.42 Å². The molecule has 5 rings (SSSR count). The number of carbonyl (C=O) groups excluding carboxylic acids is 1. The predicted molar refractivity (Wildman–Crippen MR) is 108 cm³/mol. The van der Waals surface area contributed by atoms with Crippen molar-refractivity contribution in [2.75, 3.05) is 6.54 Å². The summed E-state index contributed by atoms with van der Waals surface area (Å²) in [6.45, 7) is 2.48. The molecule has 1 aliphatic rings. The summed E-state index contributed by atoms with van der Waals surface area (Å²) < 4.78 is 0. The number of imidazole rings is 2. The fraction of sp³-hybridized carbons (Fsp3) is 0.182. The van der Waals surface area contributed by atoms with E-state index in [9.17, 15) is 4.79 Å². The standard InChI is InChI=1S/C22H20N6O/c1-14-18(27-21(26-14)16-5-3-2-4-6-16)22(29)28-12-9-17-19(25-13-24-17)20(28)15-7-10-23-11-8-15/h2-8,10-11,13,20H,9,12H2,1H3,(H,24,25)(H,26,27)/t20-/m0/s1. The first kappa shape index (κ1) is 17.4. The van der Waals surface area contributed by atoms with Gasteiger partial charge in [-0.3, -0.25) is 9.78 Å². The molecule has 4 aromatic rings. The van der Waals surface area contributed by atoms with Gasteiger partial charge in [-0.15, -0.1) is 0 Å². The van der Waals surface area contributed by atoms with Gasteiger partial charge in [0.05, 0.1) is 12.0 Å². The zero-order valence-corrected chi connectivity index (χ0v) is 16.0. The molecule has 0 unspecified atom stereocenters. The van der Waals surface area contributed by atoms with Gasteiger partial charge in [0.25, 0.3) is 5.91 Å².